The van der Waals surface area contributed by atoms with Gasteiger partial charge in [-0.05, 0) is 35.9 Å². The number of nitrogens with one attached hydrogen (secondary N) is 1. The van der Waals surface area contributed by atoms with Gasteiger partial charge in [0.2, 0.25) is 5.95 Å². The Hall–Kier alpha value is -3.95. The molecule has 170 valence electrons. The summed E-state index contributed by atoms with van der Waals surface area (Å²) in [6.07, 6.45) is 4.75. The molecule has 3 aromatic heterocycles. The lowest BCUT2D eigenvalue weighted by atomic mass is 10.1. The van der Waals surface area contributed by atoms with E-state index < -0.39 is 5.56 Å². The molecule has 0 aliphatic carbocycles. The summed E-state index contributed by atoms with van der Waals surface area (Å²) < 4.78 is 2.82. The molecule has 0 unspecified atom stereocenters. The van der Waals surface area contributed by atoms with Crippen LogP contribution in [0.15, 0.2) is 72.2 Å². The largest absolute Gasteiger partial charge is 0.412 e. The van der Waals surface area contributed by atoms with Gasteiger partial charge in [0, 0.05) is 22.8 Å². The Morgan fingerprint density at radius 3 is 2.62 bits per heavy atom. The number of anilines is 2. The summed E-state index contributed by atoms with van der Waals surface area (Å²) in [4.78, 5) is 31.5. The number of aromatic nitrogens is 6. The van der Waals surface area contributed by atoms with Gasteiger partial charge in [0.1, 0.15) is 19.8 Å². The van der Waals surface area contributed by atoms with E-state index in [1.165, 1.54) is 13.4 Å². The van der Waals surface area contributed by atoms with Crippen LogP contribution in [0.2, 0.25) is 10.0 Å². The fraction of sp³-hybridized carbons (Fsp3) is 0.0870. The van der Waals surface area contributed by atoms with E-state index in [4.69, 9.17) is 28.0 Å². The molecule has 5 aromatic rings. The van der Waals surface area contributed by atoms with Crippen LogP contribution >= 0.6 is 23.2 Å². The van der Waals surface area contributed by atoms with E-state index in [0.717, 1.165) is 16.0 Å². The number of fused-ring (bicyclic) bond motifs is 1. The van der Waals surface area contributed by atoms with E-state index >= 15 is 0 Å². The number of benzene rings is 2. The minimum atomic E-state index is -0.440. The molecule has 0 fully saturated rings. The van der Waals surface area contributed by atoms with Crippen LogP contribution in [0.25, 0.3) is 22.2 Å². The highest BCUT2D eigenvalue weighted by Gasteiger charge is 2.18. The van der Waals surface area contributed by atoms with Crippen molar-refractivity contribution in [3.63, 3.8) is 0 Å². The number of rotatable bonds is 6. The molecule has 0 radical (unpaired) electrons. The summed E-state index contributed by atoms with van der Waals surface area (Å²) in [5.41, 5.74) is 2.37. The van der Waals surface area contributed by atoms with Crippen molar-refractivity contribution in [2.45, 2.75) is 6.54 Å². The van der Waals surface area contributed by atoms with Gasteiger partial charge in [0.25, 0.3) is 5.56 Å². The van der Waals surface area contributed by atoms with E-state index in [1.54, 1.807) is 41.5 Å². The van der Waals surface area contributed by atoms with Crippen molar-refractivity contribution >= 4 is 45.9 Å². The van der Waals surface area contributed by atoms with E-state index in [2.05, 4.69) is 25.4 Å². The zero-order valence-corrected chi connectivity index (χ0v) is 19.3. The molecule has 0 amide bonds. The van der Waals surface area contributed by atoms with Crippen LogP contribution in [0, 0.1) is 0 Å². The Balaban J connectivity index is 1.52. The Bertz CT molecular complexity index is 1530. The van der Waals surface area contributed by atoms with Crippen LogP contribution in [0.1, 0.15) is 5.56 Å². The maximum absolute atomic E-state index is 13.2. The van der Waals surface area contributed by atoms with E-state index in [0.29, 0.717) is 39.1 Å². The van der Waals surface area contributed by atoms with E-state index in [1.807, 2.05) is 24.3 Å². The molecule has 3 heterocycles. The summed E-state index contributed by atoms with van der Waals surface area (Å²) in [6.45, 7) is 0.574. The SMILES string of the molecule is COn1c(=O)c(-c2c(Cl)cccc2Cl)cc2cnc(Nc3cccc(Cn4cncn4)c3)nc21. The summed E-state index contributed by atoms with van der Waals surface area (Å²) in [5.74, 6) is 0.305. The third-order valence-corrected chi connectivity index (χ3v) is 5.74. The Labute approximate surface area is 203 Å². The quantitative estimate of drug-likeness (QED) is 0.378. The number of nitrogens with zero attached hydrogens (tertiary/aromatic N) is 6. The van der Waals surface area contributed by atoms with Gasteiger partial charge in [-0.15, -0.1) is 4.73 Å². The molecule has 1 N–H and O–H groups in total. The standard InChI is InChI=1S/C23H17Cl2N7O2/c1-34-32-21-15(9-17(22(32)33)20-18(24)6-3-7-19(20)25)10-27-23(30-21)29-16-5-2-4-14(8-16)11-31-13-26-12-28-31/h2-10,12-13H,11H2,1H3,(H,27,29,30). The predicted octanol–water partition coefficient (Wildman–Crippen LogP) is 4.21. The average Bonchev–Trinajstić information content (AvgIpc) is 3.33. The van der Waals surface area contributed by atoms with Crippen LogP contribution in [0.3, 0.4) is 0 Å². The second-order valence-corrected chi connectivity index (χ2v) is 8.14. The smallest absolute Gasteiger partial charge is 0.293 e. The van der Waals surface area contributed by atoms with Crippen LogP contribution in [-0.2, 0) is 6.54 Å². The third kappa shape index (κ3) is 4.18. The number of halogens is 2. The van der Waals surface area contributed by atoms with Gasteiger partial charge in [-0.25, -0.2) is 14.6 Å². The van der Waals surface area contributed by atoms with Gasteiger partial charge in [0.05, 0.1) is 22.2 Å². The highest BCUT2D eigenvalue weighted by Crippen LogP contribution is 2.33. The summed E-state index contributed by atoms with van der Waals surface area (Å²) in [5, 5.41) is 8.59. The van der Waals surface area contributed by atoms with Crippen LogP contribution < -0.4 is 15.7 Å². The first-order chi connectivity index (χ1) is 16.5. The zero-order chi connectivity index (χ0) is 23.7. The van der Waals surface area contributed by atoms with E-state index in [-0.39, 0.29) is 5.56 Å². The maximum Gasteiger partial charge on any atom is 0.293 e. The lowest BCUT2D eigenvalue weighted by molar-refractivity contribution is 0.168. The molecule has 34 heavy (non-hydrogen) atoms. The average molecular weight is 494 g/mol. The Morgan fingerprint density at radius 2 is 1.88 bits per heavy atom. The predicted molar refractivity (Wildman–Crippen MR) is 131 cm³/mol. The minimum Gasteiger partial charge on any atom is -0.412 e. The Kier molecular flexibility index (Phi) is 5.87. The molecule has 11 heteroatoms. The molecule has 0 atom stereocenters. The van der Waals surface area contributed by atoms with Gasteiger partial charge in [-0.1, -0.05) is 41.4 Å². The van der Waals surface area contributed by atoms with Crippen molar-refractivity contribution in [1.29, 1.82) is 0 Å². The maximum atomic E-state index is 13.2. The van der Waals surface area contributed by atoms with Gasteiger partial charge in [0.15, 0.2) is 5.65 Å². The molecule has 0 aliphatic heterocycles. The summed E-state index contributed by atoms with van der Waals surface area (Å²) in [6, 6.07) is 14.5. The first kappa shape index (κ1) is 21.9. The number of hydrogen-bond acceptors (Lipinski definition) is 7. The molecule has 0 saturated heterocycles. The lowest BCUT2D eigenvalue weighted by Crippen LogP contribution is -2.27. The topological polar surface area (TPSA) is 99.8 Å². The fourth-order valence-corrected chi connectivity index (χ4v) is 4.21. The van der Waals surface area contributed by atoms with Gasteiger partial charge in [-0.2, -0.15) is 10.1 Å². The molecular weight excluding hydrogens is 477 g/mol. The fourth-order valence-electron chi connectivity index (χ4n) is 3.61. The van der Waals surface area contributed by atoms with Crippen molar-refractivity contribution < 1.29 is 4.84 Å². The highest BCUT2D eigenvalue weighted by molar-refractivity contribution is 6.39. The molecule has 0 bridgehead atoms. The molecule has 5 rings (SSSR count). The Morgan fingerprint density at radius 1 is 1.09 bits per heavy atom. The van der Waals surface area contributed by atoms with Gasteiger partial charge < -0.3 is 10.2 Å². The van der Waals surface area contributed by atoms with Crippen molar-refractivity contribution in [3.8, 4) is 11.1 Å². The van der Waals surface area contributed by atoms with Gasteiger partial charge in [-0.3, -0.25) is 4.79 Å². The minimum absolute atomic E-state index is 0.287. The second-order valence-electron chi connectivity index (χ2n) is 7.33. The normalized spacial score (nSPS) is 11.0. The molecule has 0 aliphatic rings. The number of hydrogen-bond donors (Lipinski definition) is 1. The monoisotopic (exact) mass is 493 g/mol. The van der Waals surface area contributed by atoms with Crippen LogP contribution in [0.5, 0.6) is 0 Å². The van der Waals surface area contributed by atoms with Crippen molar-refractivity contribution in [2.75, 3.05) is 12.4 Å². The molecular formula is C23H17Cl2N7O2. The van der Waals surface area contributed by atoms with E-state index in [9.17, 15) is 4.79 Å². The van der Waals surface area contributed by atoms with Crippen LogP contribution in [0.4, 0.5) is 11.6 Å². The zero-order valence-electron chi connectivity index (χ0n) is 17.8. The van der Waals surface area contributed by atoms with Crippen molar-refractivity contribution in [3.05, 3.63) is 93.3 Å². The van der Waals surface area contributed by atoms with Crippen molar-refractivity contribution in [2.24, 2.45) is 0 Å². The molecule has 2 aromatic carbocycles. The first-order valence-electron chi connectivity index (χ1n) is 10.1. The third-order valence-electron chi connectivity index (χ3n) is 5.11. The second kappa shape index (κ2) is 9.12. The first-order valence-corrected chi connectivity index (χ1v) is 10.9. The number of pyridine rings is 1. The van der Waals surface area contributed by atoms with Gasteiger partial charge >= 0.3 is 0 Å². The molecule has 0 spiro atoms. The van der Waals surface area contributed by atoms with Crippen molar-refractivity contribution in [1.82, 2.24) is 29.5 Å². The lowest BCUT2D eigenvalue weighted by Gasteiger charge is -2.13. The summed E-state index contributed by atoms with van der Waals surface area (Å²) in [7, 11) is 1.39. The summed E-state index contributed by atoms with van der Waals surface area (Å²) >= 11 is 12.7. The molecule has 9 nitrogen and oxygen atoms in total. The molecule has 0 saturated carbocycles. The van der Waals surface area contributed by atoms with Crippen LogP contribution in [-0.4, -0.2) is 36.6 Å². The highest BCUT2D eigenvalue weighted by atomic mass is 35.5.